The van der Waals surface area contributed by atoms with Crippen LogP contribution in [0.4, 0.5) is 4.39 Å². The van der Waals surface area contributed by atoms with Crippen molar-refractivity contribution in [3.63, 3.8) is 0 Å². The van der Waals surface area contributed by atoms with Gasteiger partial charge in [-0.25, -0.2) is 9.38 Å². The van der Waals surface area contributed by atoms with Gasteiger partial charge in [-0.15, -0.1) is 0 Å². The second kappa shape index (κ2) is 8.87. The van der Waals surface area contributed by atoms with Crippen LogP contribution in [0.3, 0.4) is 0 Å². The summed E-state index contributed by atoms with van der Waals surface area (Å²) in [6.45, 7) is 10.7. The van der Waals surface area contributed by atoms with Gasteiger partial charge in [0.05, 0.1) is 6.54 Å². The van der Waals surface area contributed by atoms with Gasteiger partial charge >= 0.3 is 0 Å². The van der Waals surface area contributed by atoms with Crippen LogP contribution in [0.2, 0.25) is 0 Å². The van der Waals surface area contributed by atoms with Crippen LogP contribution in [-0.4, -0.2) is 43.1 Å². The maximum absolute atomic E-state index is 13.3. The van der Waals surface area contributed by atoms with E-state index in [0.29, 0.717) is 18.2 Å². The minimum absolute atomic E-state index is 0.163. The van der Waals surface area contributed by atoms with E-state index in [4.69, 9.17) is 0 Å². The summed E-state index contributed by atoms with van der Waals surface area (Å²) in [5.41, 5.74) is 1.69. The van der Waals surface area contributed by atoms with Crippen molar-refractivity contribution < 1.29 is 4.39 Å². The molecule has 2 rings (SSSR count). The maximum atomic E-state index is 13.3. The highest BCUT2D eigenvalue weighted by atomic mass is 19.1. The Hall–Kier alpha value is -1.62. The number of likely N-dealkylation sites (tertiary alicyclic amines) is 1. The Morgan fingerprint density at radius 1 is 1.35 bits per heavy atom. The molecule has 1 aliphatic rings. The predicted molar refractivity (Wildman–Crippen MR) is 94.2 cm³/mol. The number of nitrogens with zero attached hydrogens (tertiary/aromatic N) is 2. The van der Waals surface area contributed by atoms with Crippen LogP contribution in [0, 0.1) is 12.7 Å². The van der Waals surface area contributed by atoms with Gasteiger partial charge in [0, 0.05) is 19.1 Å². The maximum Gasteiger partial charge on any atom is 0.191 e. The second-order valence-corrected chi connectivity index (χ2v) is 6.08. The summed E-state index contributed by atoms with van der Waals surface area (Å²) in [5, 5.41) is 6.73. The lowest BCUT2D eigenvalue weighted by Crippen LogP contribution is -2.44. The standard InChI is InChI=1S/C18H29FN4/c1-4-20-18(22-13-16-7-6-10-23(16)5-2)21-12-15-8-9-17(19)14(3)11-15/h8-9,11,16H,4-7,10,12-13H2,1-3H3,(H2,20,21,22). The van der Waals surface area contributed by atoms with Crippen LogP contribution in [0.5, 0.6) is 0 Å². The summed E-state index contributed by atoms with van der Waals surface area (Å²) in [5.74, 6) is 0.668. The molecule has 23 heavy (non-hydrogen) atoms. The zero-order chi connectivity index (χ0) is 16.7. The van der Waals surface area contributed by atoms with Gasteiger partial charge in [-0.2, -0.15) is 0 Å². The first-order valence-electron chi connectivity index (χ1n) is 8.65. The van der Waals surface area contributed by atoms with Gasteiger partial charge in [0.15, 0.2) is 5.96 Å². The lowest BCUT2D eigenvalue weighted by atomic mass is 10.1. The first-order valence-corrected chi connectivity index (χ1v) is 8.65. The molecule has 2 N–H and O–H groups in total. The Morgan fingerprint density at radius 2 is 2.17 bits per heavy atom. The number of nitrogens with one attached hydrogen (secondary N) is 2. The van der Waals surface area contributed by atoms with Crippen LogP contribution in [-0.2, 0) is 6.54 Å². The fourth-order valence-electron chi connectivity index (χ4n) is 3.07. The van der Waals surface area contributed by atoms with Crippen molar-refractivity contribution in [3.05, 3.63) is 35.1 Å². The molecule has 0 saturated carbocycles. The highest BCUT2D eigenvalue weighted by Crippen LogP contribution is 2.15. The number of benzene rings is 1. The van der Waals surface area contributed by atoms with Crippen molar-refractivity contribution in [1.82, 2.24) is 15.5 Å². The summed E-state index contributed by atoms with van der Waals surface area (Å²) in [6.07, 6.45) is 2.53. The fourth-order valence-corrected chi connectivity index (χ4v) is 3.07. The average molecular weight is 320 g/mol. The molecule has 1 aliphatic heterocycles. The molecule has 0 aromatic heterocycles. The fraction of sp³-hybridized carbons (Fsp3) is 0.611. The molecule has 1 atom stereocenters. The first-order chi connectivity index (χ1) is 11.1. The summed E-state index contributed by atoms with van der Waals surface area (Å²) in [4.78, 5) is 7.13. The third-order valence-corrected chi connectivity index (χ3v) is 4.40. The number of aryl methyl sites for hydroxylation is 1. The zero-order valence-corrected chi connectivity index (χ0v) is 14.5. The highest BCUT2D eigenvalue weighted by molar-refractivity contribution is 5.79. The minimum atomic E-state index is -0.163. The van der Waals surface area contributed by atoms with Crippen molar-refractivity contribution >= 4 is 5.96 Å². The summed E-state index contributed by atoms with van der Waals surface area (Å²) in [7, 11) is 0. The molecule has 0 spiro atoms. The molecule has 1 fully saturated rings. The minimum Gasteiger partial charge on any atom is -0.357 e. The normalized spacial score (nSPS) is 19.1. The van der Waals surface area contributed by atoms with E-state index >= 15 is 0 Å². The molecule has 1 heterocycles. The van der Waals surface area contributed by atoms with Gasteiger partial charge in [-0.1, -0.05) is 19.1 Å². The van der Waals surface area contributed by atoms with E-state index in [0.717, 1.165) is 31.2 Å². The molecule has 1 aromatic rings. The predicted octanol–water partition coefficient (Wildman–Crippen LogP) is 2.67. The second-order valence-electron chi connectivity index (χ2n) is 6.08. The number of guanidine groups is 1. The van der Waals surface area contributed by atoms with Crippen LogP contribution in [0.15, 0.2) is 23.2 Å². The number of hydrogen-bond acceptors (Lipinski definition) is 2. The molecular weight excluding hydrogens is 291 g/mol. The van der Waals surface area contributed by atoms with E-state index in [1.54, 1.807) is 13.0 Å². The van der Waals surface area contributed by atoms with Crippen molar-refractivity contribution in [3.8, 4) is 0 Å². The molecule has 1 unspecified atom stereocenters. The van der Waals surface area contributed by atoms with Gasteiger partial charge in [0.1, 0.15) is 5.82 Å². The molecule has 0 amide bonds. The zero-order valence-electron chi connectivity index (χ0n) is 14.5. The number of aliphatic imine (C=N–C) groups is 1. The van der Waals surface area contributed by atoms with Crippen molar-refractivity contribution in [2.75, 3.05) is 26.2 Å². The molecule has 128 valence electrons. The van der Waals surface area contributed by atoms with E-state index in [-0.39, 0.29) is 5.82 Å². The van der Waals surface area contributed by atoms with Gasteiger partial charge in [0.25, 0.3) is 0 Å². The molecule has 0 radical (unpaired) electrons. The third-order valence-electron chi connectivity index (χ3n) is 4.40. The Kier molecular flexibility index (Phi) is 6.84. The van der Waals surface area contributed by atoms with Gasteiger partial charge in [-0.3, -0.25) is 4.90 Å². The number of hydrogen-bond donors (Lipinski definition) is 2. The number of likely N-dealkylation sites (N-methyl/N-ethyl adjacent to an activating group) is 1. The van der Waals surface area contributed by atoms with E-state index in [2.05, 4.69) is 34.4 Å². The number of rotatable bonds is 6. The largest absolute Gasteiger partial charge is 0.357 e. The summed E-state index contributed by atoms with van der Waals surface area (Å²) >= 11 is 0. The van der Waals surface area contributed by atoms with Crippen LogP contribution in [0.1, 0.15) is 37.8 Å². The van der Waals surface area contributed by atoms with E-state index < -0.39 is 0 Å². The molecule has 0 bridgehead atoms. The molecule has 1 saturated heterocycles. The van der Waals surface area contributed by atoms with Crippen molar-refractivity contribution in [2.45, 2.75) is 46.2 Å². The summed E-state index contributed by atoms with van der Waals surface area (Å²) in [6, 6.07) is 5.76. The monoisotopic (exact) mass is 320 g/mol. The van der Waals surface area contributed by atoms with Crippen LogP contribution < -0.4 is 10.6 Å². The quantitative estimate of drug-likeness (QED) is 0.625. The summed E-state index contributed by atoms with van der Waals surface area (Å²) < 4.78 is 13.3. The molecule has 0 aliphatic carbocycles. The van der Waals surface area contributed by atoms with Gasteiger partial charge in [-0.05, 0) is 57.0 Å². The van der Waals surface area contributed by atoms with Gasteiger partial charge in [0.2, 0.25) is 0 Å². The Morgan fingerprint density at radius 3 is 2.87 bits per heavy atom. The smallest absolute Gasteiger partial charge is 0.191 e. The first kappa shape index (κ1) is 17.7. The lowest BCUT2D eigenvalue weighted by molar-refractivity contribution is 0.267. The topological polar surface area (TPSA) is 39.7 Å². The SMILES string of the molecule is CCNC(=NCc1ccc(F)c(C)c1)NCC1CCCN1CC. The van der Waals surface area contributed by atoms with Crippen LogP contribution in [0.25, 0.3) is 0 Å². The molecular formula is C18H29FN4. The average Bonchev–Trinajstić information content (AvgIpc) is 3.00. The van der Waals surface area contributed by atoms with Gasteiger partial charge < -0.3 is 10.6 Å². The van der Waals surface area contributed by atoms with E-state index in [9.17, 15) is 4.39 Å². The number of halogens is 1. The Bertz CT molecular complexity index is 530. The van der Waals surface area contributed by atoms with Crippen LogP contribution >= 0.6 is 0 Å². The van der Waals surface area contributed by atoms with E-state index in [1.165, 1.54) is 25.5 Å². The Labute approximate surface area is 139 Å². The van der Waals surface area contributed by atoms with Crippen molar-refractivity contribution in [1.29, 1.82) is 0 Å². The van der Waals surface area contributed by atoms with E-state index in [1.807, 2.05) is 6.07 Å². The van der Waals surface area contributed by atoms with Crippen molar-refractivity contribution in [2.24, 2.45) is 4.99 Å². The molecule has 1 aromatic carbocycles. The Balaban J connectivity index is 1.92. The lowest BCUT2D eigenvalue weighted by Gasteiger charge is -2.24. The third kappa shape index (κ3) is 5.20. The molecule has 5 heteroatoms. The molecule has 4 nitrogen and oxygen atoms in total. The highest BCUT2D eigenvalue weighted by Gasteiger charge is 2.22.